The fourth-order valence-electron chi connectivity index (χ4n) is 0.697. The SMILES string of the molecule is O=C(O)CCC(=O)c1cncs1. The zero-order chi connectivity index (χ0) is 8.97. The lowest BCUT2D eigenvalue weighted by atomic mass is 10.2. The van der Waals surface area contributed by atoms with Crippen LogP contribution in [0.5, 0.6) is 0 Å². The zero-order valence-corrected chi connectivity index (χ0v) is 7.00. The number of hydrogen-bond acceptors (Lipinski definition) is 4. The van der Waals surface area contributed by atoms with Crippen molar-refractivity contribution in [2.75, 3.05) is 0 Å². The molecule has 64 valence electrons. The standard InChI is InChI=1S/C7H7NO3S/c9-5(1-2-7(10)11)6-3-8-4-12-6/h3-4H,1-2H2,(H,10,11). The molecule has 0 saturated carbocycles. The Labute approximate surface area is 72.9 Å². The Kier molecular flexibility index (Phi) is 2.93. The van der Waals surface area contributed by atoms with Gasteiger partial charge in [-0.05, 0) is 0 Å². The number of carbonyl (C=O) groups is 2. The third-order valence-corrected chi connectivity index (χ3v) is 2.09. The van der Waals surface area contributed by atoms with E-state index in [0.29, 0.717) is 4.88 Å². The molecule has 1 heterocycles. The Morgan fingerprint density at radius 2 is 2.25 bits per heavy atom. The highest BCUT2D eigenvalue weighted by Gasteiger charge is 2.08. The van der Waals surface area contributed by atoms with E-state index < -0.39 is 5.97 Å². The molecule has 4 nitrogen and oxygen atoms in total. The van der Waals surface area contributed by atoms with Gasteiger partial charge in [0.1, 0.15) is 0 Å². The van der Waals surface area contributed by atoms with Crippen molar-refractivity contribution in [1.82, 2.24) is 4.98 Å². The molecule has 0 amide bonds. The van der Waals surface area contributed by atoms with Gasteiger partial charge >= 0.3 is 5.97 Å². The van der Waals surface area contributed by atoms with Crippen LogP contribution < -0.4 is 0 Å². The third-order valence-electron chi connectivity index (χ3n) is 1.27. The molecule has 5 heteroatoms. The molecule has 1 rings (SSSR count). The Bertz CT molecular complexity index is 281. The second-order valence-corrected chi connectivity index (χ2v) is 3.07. The highest BCUT2D eigenvalue weighted by atomic mass is 32.1. The van der Waals surface area contributed by atoms with Gasteiger partial charge < -0.3 is 5.11 Å². The minimum absolute atomic E-state index is 0.0531. The molecule has 0 aliphatic carbocycles. The molecule has 12 heavy (non-hydrogen) atoms. The van der Waals surface area contributed by atoms with Crippen molar-refractivity contribution >= 4 is 23.1 Å². The molecular formula is C7H7NO3S. The van der Waals surface area contributed by atoms with Crippen molar-refractivity contribution < 1.29 is 14.7 Å². The van der Waals surface area contributed by atoms with E-state index in [1.807, 2.05) is 0 Å². The largest absolute Gasteiger partial charge is 0.481 e. The van der Waals surface area contributed by atoms with E-state index in [4.69, 9.17) is 5.11 Å². The van der Waals surface area contributed by atoms with Gasteiger partial charge in [-0.3, -0.25) is 14.6 Å². The average molecular weight is 185 g/mol. The summed E-state index contributed by atoms with van der Waals surface area (Å²) < 4.78 is 0. The quantitative estimate of drug-likeness (QED) is 0.715. The highest BCUT2D eigenvalue weighted by molar-refractivity contribution is 7.11. The van der Waals surface area contributed by atoms with Gasteiger partial charge in [0, 0.05) is 12.6 Å². The second-order valence-electron chi connectivity index (χ2n) is 2.18. The molecule has 0 unspecified atom stereocenters. The van der Waals surface area contributed by atoms with Crippen molar-refractivity contribution in [3.63, 3.8) is 0 Å². The summed E-state index contributed by atoms with van der Waals surface area (Å²) in [5, 5.41) is 8.30. The van der Waals surface area contributed by atoms with Gasteiger partial charge in [0.25, 0.3) is 0 Å². The average Bonchev–Trinajstić information content (AvgIpc) is 2.51. The van der Waals surface area contributed by atoms with Gasteiger partial charge in [-0.15, -0.1) is 11.3 Å². The molecule has 0 fully saturated rings. The molecule has 1 aromatic rings. The molecular weight excluding hydrogens is 178 g/mol. The van der Waals surface area contributed by atoms with Crippen LogP contribution in [0.4, 0.5) is 0 Å². The maximum Gasteiger partial charge on any atom is 0.303 e. The highest BCUT2D eigenvalue weighted by Crippen LogP contribution is 2.09. The van der Waals surface area contributed by atoms with Crippen LogP contribution in [-0.4, -0.2) is 21.8 Å². The van der Waals surface area contributed by atoms with Gasteiger partial charge in [-0.2, -0.15) is 0 Å². The Balaban J connectivity index is 2.45. The fourth-order valence-corrected chi connectivity index (χ4v) is 1.29. The van der Waals surface area contributed by atoms with E-state index in [9.17, 15) is 9.59 Å². The second kappa shape index (κ2) is 3.96. The smallest absolute Gasteiger partial charge is 0.303 e. The predicted octanol–water partition coefficient (Wildman–Crippen LogP) is 1.19. The Morgan fingerprint density at radius 3 is 2.75 bits per heavy atom. The monoisotopic (exact) mass is 185 g/mol. The summed E-state index contributed by atoms with van der Waals surface area (Å²) in [6, 6.07) is 0. The number of nitrogens with zero attached hydrogens (tertiary/aromatic N) is 1. The van der Waals surface area contributed by atoms with Crippen LogP contribution in [0.2, 0.25) is 0 Å². The van der Waals surface area contributed by atoms with Crippen LogP contribution in [0.1, 0.15) is 22.5 Å². The van der Waals surface area contributed by atoms with Crippen molar-refractivity contribution in [2.24, 2.45) is 0 Å². The molecule has 1 N–H and O–H groups in total. The first-order valence-electron chi connectivity index (χ1n) is 3.33. The molecule has 0 aliphatic heterocycles. The van der Waals surface area contributed by atoms with E-state index in [1.54, 1.807) is 5.51 Å². The predicted molar refractivity (Wildman–Crippen MR) is 43.3 cm³/mol. The number of carboxylic acid groups (broad SMARTS) is 1. The van der Waals surface area contributed by atoms with E-state index in [1.165, 1.54) is 17.5 Å². The van der Waals surface area contributed by atoms with Crippen molar-refractivity contribution in [3.8, 4) is 0 Å². The summed E-state index contributed by atoms with van der Waals surface area (Å²) >= 11 is 1.23. The summed E-state index contributed by atoms with van der Waals surface area (Å²) in [6.45, 7) is 0. The molecule has 0 atom stereocenters. The van der Waals surface area contributed by atoms with E-state index >= 15 is 0 Å². The number of rotatable bonds is 4. The third kappa shape index (κ3) is 2.43. The summed E-state index contributed by atoms with van der Waals surface area (Å²) in [5.41, 5.74) is 1.55. The summed E-state index contributed by atoms with van der Waals surface area (Å²) in [7, 11) is 0. The summed E-state index contributed by atoms with van der Waals surface area (Å²) in [6.07, 6.45) is 1.39. The molecule has 0 spiro atoms. The zero-order valence-electron chi connectivity index (χ0n) is 6.19. The van der Waals surface area contributed by atoms with Gasteiger partial charge in [0.15, 0.2) is 5.78 Å². The lowest BCUT2D eigenvalue weighted by molar-refractivity contribution is -0.136. The van der Waals surface area contributed by atoms with Crippen LogP contribution in [0, 0.1) is 0 Å². The number of ketones is 1. The lowest BCUT2D eigenvalue weighted by Gasteiger charge is -1.91. The van der Waals surface area contributed by atoms with Crippen LogP contribution in [0.15, 0.2) is 11.7 Å². The topological polar surface area (TPSA) is 67.3 Å². The van der Waals surface area contributed by atoms with E-state index in [-0.39, 0.29) is 18.6 Å². The van der Waals surface area contributed by atoms with Crippen LogP contribution in [-0.2, 0) is 4.79 Å². The molecule has 0 aromatic carbocycles. The maximum atomic E-state index is 11.1. The first-order valence-corrected chi connectivity index (χ1v) is 4.21. The number of aromatic nitrogens is 1. The van der Waals surface area contributed by atoms with Gasteiger partial charge in [-0.1, -0.05) is 0 Å². The summed E-state index contributed by atoms with van der Waals surface area (Å²) in [4.78, 5) is 25.5. The fraction of sp³-hybridized carbons (Fsp3) is 0.286. The normalized spacial score (nSPS) is 9.67. The summed E-state index contributed by atoms with van der Waals surface area (Å²) in [5.74, 6) is -1.10. The molecule has 0 bridgehead atoms. The van der Waals surface area contributed by atoms with Crippen molar-refractivity contribution in [3.05, 3.63) is 16.6 Å². The van der Waals surface area contributed by atoms with Gasteiger partial charge in [0.05, 0.1) is 16.8 Å². The number of thiazole rings is 1. The Morgan fingerprint density at radius 1 is 1.50 bits per heavy atom. The lowest BCUT2D eigenvalue weighted by Crippen LogP contribution is -2.01. The molecule has 0 radical (unpaired) electrons. The van der Waals surface area contributed by atoms with E-state index in [0.717, 1.165) is 0 Å². The number of carbonyl (C=O) groups excluding carboxylic acids is 1. The van der Waals surface area contributed by atoms with Crippen LogP contribution in [0.3, 0.4) is 0 Å². The first kappa shape index (κ1) is 8.86. The Hall–Kier alpha value is -1.23. The number of Topliss-reactive ketones (excluding diaryl/α,β-unsaturated/α-hetero) is 1. The maximum absolute atomic E-state index is 11.1. The van der Waals surface area contributed by atoms with Gasteiger partial charge in [-0.25, -0.2) is 0 Å². The minimum Gasteiger partial charge on any atom is -0.481 e. The van der Waals surface area contributed by atoms with Crippen LogP contribution in [0.25, 0.3) is 0 Å². The molecule has 0 saturated heterocycles. The van der Waals surface area contributed by atoms with Gasteiger partial charge in [0.2, 0.25) is 0 Å². The number of carboxylic acids is 1. The number of hydrogen-bond donors (Lipinski definition) is 1. The first-order chi connectivity index (χ1) is 5.70. The van der Waals surface area contributed by atoms with Crippen LogP contribution >= 0.6 is 11.3 Å². The van der Waals surface area contributed by atoms with E-state index in [2.05, 4.69) is 4.98 Å². The minimum atomic E-state index is -0.951. The van der Waals surface area contributed by atoms with Crippen molar-refractivity contribution in [1.29, 1.82) is 0 Å². The molecule has 0 aliphatic rings. The molecule has 1 aromatic heterocycles. The number of aliphatic carboxylic acids is 1. The van der Waals surface area contributed by atoms with Crippen molar-refractivity contribution in [2.45, 2.75) is 12.8 Å².